The van der Waals surface area contributed by atoms with Crippen molar-refractivity contribution in [3.8, 4) is 0 Å². The number of benzene rings is 1. The summed E-state index contributed by atoms with van der Waals surface area (Å²) in [6, 6.07) is 5.99. The Kier molecular flexibility index (Phi) is 4.35. The zero-order chi connectivity index (χ0) is 8.48. The van der Waals surface area contributed by atoms with Crippen LogP contribution < -0.4 is 0 Å². The minimum atomic E-state index is -4.02. The fourth-order valence-electron chi connectivity index (χ4n) is 0.710. The Bertz CT molecular complexity index is 341. The van der Waals surface area contributed by atoms with Gasteiger partial charge in [0.1, 0.15) is 0 Å². The van der Waals surface area contributed by atoms with Crippen LogP contribution in [0.25, 0.3) is 0 Å². The van der Waals surface area contributed by atoms with Crippen LogP contribution >= 0.6 is 0 Å². The Hall–Kier alpha value is 0.0521. The van der Waals surface area contributed by atoms with E-state index in [9.17, 15) is 8.42 Å². The fourth-order valence-corrected chi connectivity index (χ4v) is 1.19. The molecule has 0 aliphatic rings. The van der Waals surface area contributed by atoms with Crippen molar-refractivity contribution < 1.29 is 13.0 Å². The Morgan fingerprint density at radius 1 is 1.17 bits per heavy atom. The topological polar surface area (TPSA) is 54.4 Å². The predicted molar refractivity (Wildman–Crippen MR) is 49.5 cm³/mol. The van der Waals surface area contributed by atoms with Crippen molar-refractivity contribution in [2.75, 3.05) is 0 Å². The van der Waals surface area contributed by atoms with Gasteiger partial charge in [-0.1, -0.05) is 17.7 Å². The molecule has 0 spiro atoms. The molecule has 0 aromatic heterocycles. The molecule has 0 fully saturated rings. The van der Waals surface area contributed by atoms with Crippen LogP contribution in [0.4, 0.5) is 0 Å². The first-order valence-corrected chi connectivity index (χ1v) is 4.48. The molecular formula is C7H10O3PbS. The van der Waals surface area contributed by atoms with Crippen LogP contribution in [0.2, 0.25) is 0 Å². The van der Waals surface area contributed by atoms with Gasteiger partial charge in [-0.05, 0) is 19.1 Å². The van der Waals surface area contributed by atoms with E-state index in [-0.39, 0.29) is 32.2 Å². The van der Waals surface area contributed by atoms with Crippen molar-refractivity contribution >= 4 is 37.4 Å². The summed E-state index contributed by atoms with van der Waals surface area (Å²) in [5.41, 5.74) is 0.956. The predicted octanol–water partition coefficient (Wildman–Crippen LogP) is 0.326. The van der Waals surface area contributed by atoms with E-state index in [2.05, 4.69) is 0 Å². The van der Waals surface area contributed by atoms with E-state index < -0.39 is 10.1 Å². The molecule has 66 valence electrons. The van der Waals surface area contributed by atoms with E-state index in [1.807, 2.05) is 6.92 Å². The van der Waals surface area contributed by atoms with Gasteiger partial charge in [-0.3, -0.25) is 4.55 Å². The van der Waals surface area contributed by atoms with Gasteiger partial charge >= 0.3 is 27.3 Å². The molecule has 1 aromatic carbocycles. The molecule has 0 heterocycles. The van der Waals surface area contributed by atoms with Crippen molar-refractivity contribution in [1.29, 1.82) is 0 Å². The molecule has 0 bridgehead atoms. The molecule has 0 amide bonds. The number of hydrogen-bond acceptors (Lipinski definition) is 2. The summed E-state index contributed by atoms with van der Waals surface area (Å²) in [5, 5.41) is 0. The Labute approximate surface area is 91.7 Å². The molecule has 1 aromatic rings. The third kappa shape index (κ3) is 3.20. The maximum atomic E-state index is 10.5. The monoisotopic (exact) mass is 382 g/mol. The first-order chi connectivity index (χ1) is 5.00. The van der Waals surface area contributed by atoms with Crippen molar-refractivity contribution in [2.45, 2.75) is 11.8 Å². The third-order valence-corrected chi connectivity index (χ3v) is 2.19. The summed E-state index contributed by atoms with van der Waals surface area (Å²) < 4.78 is 29.6. The molecule has 3 nitrogen and oxygen atoms in total. The van der Waals surface area contributed by atoms with Crippen LogP contribution in [0.15, 0.2) is 29.2 Å². The van der Waals surface area contributed by atoms with E-state index >= 15 is 0 Å². The standard InChI is InChI=1S/C7H8O3S.Pb.2H/c1-6-2-4-7(5-3-6)11(8,9)10;;;/h2-5H,1H3,(H,8,9,10);;;. The Morgan fingerprint density at radius 3 is 1.92 bits per heavy atom. The summed E-state index contributed by atoms with van der Waals surface area (Å²) in [5.74, 6) is 0. The van der Waals surface area contributed by atoms with E-state index in [0.717, 1.165) is 5.56 Å². The van der Waals surface area contributed by atoms with Crippen LogP contribution in [-0.4, -0.2) is 40.3 Å². The number of rotatable bonds is 1. The summed E-state index contributed by atoms with van der Waals surface area (Å²) in [7, 11) is -4.02. The zero-order valence-corrected chi connectivity index (χ0v) is 13.0. The number of hydrogen-bond donors (Lipinski definition) is 1. The van der Waals surface area contributed by atoms with Gasteiger partial charge in [0, 0.05) is 0 Å². The fraction of sp³-hybridized carbons (Fsp3) is 0.143. The molecule has 0 aliphatic carbocycles. The van der Waals surface area contributed by atoms with E-state index in [1.165, 1.54) is 12.1 Å². The van der Waals surface area contributed by atoms with Gasteiger partial charge < -0.3 is 0 Å². The van der Waals surface area contributed by atoms with Gasteiger partial charge in [0.15, 0.2) is 0 Å². The average molecular weight is 381 g/mol. The van der Waals surface area contributed by atoms with Gasteiger partial charge in [0.25, 0.3) is 10.1 Å². The van der Waals surface area contributed by atoms with Crippen LogP contribution in [0, 0.1) is 6.92 Å². The SMILES string of the molecule is Cc1ccc(S(=O)(=O)O)cc1.[PbH2]. The van der Waals surface area contributed by atoms with Crippen LogP contribution in [-0.2, 0) is 10.1 Å². The molecule has 0 atom stereocenters. The third-order valence-electron chi connectivity index (χ3n) is 1.32. The average Bonchev–Trinajstić information content (AvgIpc) is 1.86. The number of aryl methyl sites for hydroxylation is 1. The molecule has 0 saturated heterocycles. The van der Waals surface area contributed by atoms with Gasteiger partial charge in [0.2, 0.25) is 0 Å². The maximum absolute atomic E-state index is 10.5. The zero-order valence-electron chi connectivity index (χ0n) is 6.69. The molecule has 12 heavy (non-hydrogen) atoms. The molecule has 0 unspecified atom stereocenters. The van der Waals surface area contributed by atoms with Crippen LogP contribution in [0.3, 0.4) is 0 Å². The molecular weight excluding hydrogens is 371 g/mol. The quantitative estimate of drug-likeness (QED) is 0.563. The molecule has 1 rings (SSSR count). The minimum absolute atomic E-state index is 0. The molecule has 0 saturated carbocycles. The molecule has 1 N–H and O–H groups in total. The second-order valence-corrected chi connectivity index (χ2v) is 3.71. The summed E-state index contributed by atoms with van der Waals surface area (Å²) in [6.45, 7) is 1.84. The molecule has 0 aliphatic heterocycles. The van der Waals surface area contributed by atoms with Gasteiger partial charge in [-0.15, -0.1) is 0 Å². The van der Waals surface area contributed by atoms with Gasteiger partial charge in [-0.25, -0.2) is 0 Å². The van der Waals surface area contributed by atoms with Crippen molar-refractivity contribution in [2.24, 2.45) is 0 Å². The van der Waals surface area contributed by atoms with E-state index in [4.69, 9.17) is 4.55 Å². The van der Waals surface area contributed by atoms with E-state index in [1.54, 1.807) is 12.1 Å². The summed E-state index contributed by atoms with van der Waals surface area (Å²) in [4.78, 5) is -0.0666. The molecule has 2 radical (unpaired) electrons. The van der Waals surface area contributed by atoms with E-state index in [0.29, 0.717) is 0 Å². The second-order valence-electron chi connectivity index (χ2n) is 2.29. The first-order valence-electron chi connectivity index (χ1n) is 3.04. The van der Waals surface area contributed by atoms with Crippen molar-refractivity contribution in [3.63, 3.8) is 0 Å². The second kappa shape index (κ2) is 4.33. The summed E-state index contributed by atoms with van der Waals surface area (Å²) in [6.07, 6.45) is 0. The van der Waals surface area contributed by atoms with Gasteiger partial charge in [-0.2, -0.15) is 8.42 Å². The van der Waals surface area contributed by atoms with Crippen LogP contribution in [0.1, 0.15) is 5.56 Å². The first kappa shape index (κ1) is 12.1. The molecule has 5 heteroatoms. The Morgan fingerprint density at radius 2 is 1.58 bits per heavy atom. The van der Waals surface area contributed by atoms with Crippen molar-refractivity contribution in [1.82, 2.24) is 0 Å². The Balaban J connectivity index is 0.00000121. The normalized spacial score (nSPS) is 10.5. The summed E-state index contributed by atoms with van der Waals surface area (Å²) >= 11 is 0. The van der Waals surface area contributed by atoms with Gasteiger partial charge in [0.05, 0.1) is 4.90 Å². The van der Waals surface area contributed by atoms with Crippen LogP contribution in [0.5, 0.6) is 0 Å². The van der Waals surface area contributed by atoms with Crippen molar-refractivity contribution in [3.05, 3.63) is 29.8 Å².